The van der Waals surface area contributed by atoms with Crippen LogP contribution in [0.5, 0.6) is 0 Å². The number of rotatable bonds is 22. The third-order valence-corrected chi connectivity index (χ3v) is 8.03. The number of hydrogen-bond acceptors (Lipinski definition) is 5. The van der Waals surface area contributed by atoms with E-state index in [0.29, 0.717) is 19.4 Å². The summed E-state index contributed by atoms with van der Waals surface area (Å²) in [6.45, 7) is 5.56. The van der Waals surface area contributed by atoms with Crippen molar-refractivity contribution in [1.82, 2.24) is 0 Å². The minimum Gasteiger partial charge on any atom is -0.385 e. The normalized spacial score (nSPS) is 12.5. The highest BCUT2D eigenvalue weighted by atomic mass is 35.5. The highest BCUT2D eigenvalue weighted by Crippen LogP contribution is 2.20. The number of ketones is 1. The zero-order valence-corrected chi connectivity index (χ0v) is 26.2. The van der Waals surface area contributed by atoms with Gasteiger partial charge in [-0.25, -0.2) is 0 Å². The maximum absolute atomic E-state index is 12.2. The van der Waals surface area contributed by atoms with Crippen LogP contribution in [0.4, 0.5) is 5.69 Å². The Kier molecular flexibility index (Phi) is 20.5. The van der Waals surface area contributed by atoms with Gasteiger partial charge in [-0.1, -0.05) is 56.4 Å². The van der Waals surface area contributed by atoms with Crippen LogP contribution in [0.1, 0.15) is 83.6 Å². The molecular formula is C33H49ClN2O2S. The van der Waals surface area contributed by atoms with E-state index in [1.165, 1.54) is 62.1 Å². The van der Waals surface area contributed by atoms with Gasteiger partial charge in [0.2, 0.25) is 0 Å². The maximum atomic E-state index is 12.2. The first-order valence-corrected chi connectivity index (χ1v) is 16.1. The van der Waals surface area contributed by atoms with Crippen LogP contribution in [0.15, 0.2) is 53.6 Å². The predicted molar refractivity (Wildman–Crippen MR) is 172 cm³/mol. The number of Topliss-reactive ketones (excluding diaryl/α,β-unsaturated/α-hetero) is 1. The molecule has 0 saturated carbocycles. The summed E-state index contributed by atoms with van der Waals surface area (Å²) in [6.07, 6.45) is 17.0. The van der Waals surface area contributed by atoms with Gasteiger partial charge in [-0.3, -0.25) is 4.79 Å². The Hall–Kier alpha value is -2.00. The second-order valence-corrected chi connectivity index (χ2v) is 11.7. The summed E-state index contributed by atoms with van der Waals surface area (Å²) in [5, 5.41) is 9.36. The lowest BCUT2D eigenvalue weighted by atomic mass is 10.0. The van der Waals surface area contributed by atoms with Crippen LogP contribution >= 0.6 is 23.4 Å². The summed E-state index contributed by atoms with van der Waals surface area (Å²) in [5.41, 5.74) is 4.59. The van der Waals surface area contributed by atoms with Crippen molar-refractivity contribution >= 4 is 40.4 Å². The van der Waals surface area contributed by atoms with E-state index in [9.17, 15) is 10.1 Å². The average Bonchev–Trinajstić information content (AvgIpc) is 2.95. The third kappa shape index (κ3) is 16.6. The minimum atomic E-state index is -0.138. The fourth-order valence-electron chi connectivity index (χ4n) is 4.11. The highest BCUT2D eigenvalue weighted by Gasteiger charge is 2.08. The number of carbonyl (C=O) groups excluding carboxylic acids is 1. The Balaban J connectivity index is 2.41. The maximum Gasteiger partial charge on any atom is 0.173 e. The average molecular weight is 573 g/mol. The SMILES string of the molecule is COCCCC(=O)/C(C#N)=C/C(C)=C/C=C(\C)c1ccc(N(C)CCCSCCCCCCCCCCl)cc1. The van der Waals surface area contributed by atoms with Crippen molar-refractivity contribution in [2.45, 2.75) is 78.1 Å². The fraction of sp³-hybridized carbons (Fsp3) is 0.576. The lowest BCUT2D eigenvalue weighted by molar-refractivity contribution is -0.115. The number of nitrogens with zero attached hydrogens (tertiary/aromatic N) is 2. The molecule has 4 nitrogen and oxygen atoms in total. The van der Waals surface area contributed by atoms with E-state index in [1.54, 1.807) is 13.2 Å². The smallest absolute Gasteiger partial charge is 0.173 e. The van der Waals surface area contributed by atoms with Gasteiger partial charge >= 0.3 is 0 Å². The molecule has 0 aliphatic heterocycles. The summed E-state index contributed by atoms with van der Waals surface area (Å²) < 4.78 is 4.98. The number of methoxy groups -OCH3 is 1. The molecule has 1 aromatic carbocycles. The molecule has 0 spiro atoms. The fourth-order valence-corrected chi connectivity index (χ4v) is 5.25. The van der Waals surface area contributed by atoms with E-state index in [0.717, 1.165) is 35.6 Å². The number of carbonyl (C=O) groups is 1. The summed E-state index contributed by atoms with van der Waals surface area (Å²) in [5.74, 6) is 3.16. The molecule has 0 atom stereocenters. The number of benzene rings is 1. The topological polar surface area (TPSA) is 53.3 Å². The molecule has 0 saturated heterocycles. The molecule has 1 aromatic rings. The zero-order valence-electron chi connectivity index (χ0n) is 24.6. The number of allylic oxidation sites excluding steroid dienone is 6. The first-order valence-electron chi connectivity index (χ1n) is 14.4. The lowest BCUT2D eigenvalue weighted by Crippen LogP contribution is -2.18. The largest absolute Gasteiger partial charge is 0.385 e. The van der Waals surface area contributed by atoms with E-state index >= 15 is 0 Å². The Morgan fingerprint density at radius 1 is 0.974 bits per heavy atom. The van der Waals surface area contributed by atoms with Gasteiger partial charge in [-0.05, 0) is 86.0 Å². The van der Waals surface area contributed by atoms with E-state index in [1.807, 2.05) is 25.1 Å². The number of nitriles is 1. The summed E-state index contributed by atoms with van der Waals surface area (Å²) in [7, 11) is 3.77. The number of hydrogen-bond donors (Lipinski definition) is 0. The molecule has 6 heteroatoms. The second kappa shape index (κ2) is 22.8. The van der Waals surface area contributed by atoms with Crippen LogP contribution in [-0.4, -0.2) is 50.5 Å². The Morgan fingerprint density at radius 2 is 1.62 bits per heavy atom. The molecule has 0 radical (unpaired) electrons. The lowest BCUT2D eigenvalue weighted by Gasteiger charge is -2.19. The van der Waals surface area contributed by atoms with E-state index < -0.39 is 0 Å². The van der Waals surface area contributed by atoms with Crippen molar-refractivity contribution < 1.29 is 9.53 Å². The molecule has 1 rings (SSSR count). The summed E-state index contributed by atoms with van der Waals surface area (Å²) in [6, 6.07) is 10.7. The van der Waals surface area contributed by atoms with Gasteiger partial charge < -0.3 is 9.64 Å². The van der Waals surface area contributed by atoms with Crippen LogP contribution in [-0.2, 0) is 9.53 Å². The molecule has 0 aromatic heterocycles. The molecule has 216 valence electrons. The first-order chi connectivity index (χ1) is 18.9. The standard InChI is InChI=1S/C33H49ClN2O2S/c1-28(26-31(27-35)33(37)14-12-23-38-4)15-16-29(2)30-17-19-32(20-18-30)36(3)22-13-25-39-24-11-9-7-5-6-8-10-21-34/h15-20,26H,5-14,21-25H2,1-4H3/b28-15+,29-16+,31-26+. The van der Waals surface area contributed by atoms with Crippen LogP contribution in [0, 0.1) is 11.3 Å². The van der Waals surface area contributed by atoms with Crippen LogP contribution < -0.4 is 4.90 Å². The number of anilines is 1. The van der Waals surface area contributed by atoms with Gasteiger partial charge in [-0.2, -0.15) is 17.0 Å². The van der Waals surface area contributed by atoms with Crippen molar-refractivity contribution in [2.24, 2.45) is 0 Å². The molecule has 39 heavy (non-hydrogen) atoms. The number of unbranched alkanes of at least 4 members (excludes halogenated alkanes) is 6. The van der Waals surface area contributed by atoms with Crippen molar-refractivity contribution in [1.29, 1.82) is 5.26 Å². The van der Waals surface area contributed by atoms with Gasteiger partial charge in [0, 0.05) is 45.3 Å². The van der Waals surface area contributed by atoms with Gasteiger partial charge in [0.25, 0.3) is 0 Å². The number of alkyl halides is 1. The predicted octanol–water partition coefficient (Wildman–Crippen LogP) is 9.01. The molecule has 0 amide bonds. The zero-order chi connectivity index (χ0) is 28.7. The van der Waals surface area contributed by atoms with Crippen molar-refractivity contribution in [3.8, 4) is 6.07 Å². The van der Waals surface area contributed by atoms with E-state index in [2.05, 4.69) is 54.9 Å². The minimum absolute atomic E-state index is 0.138. The summed E-state index contributed by atoms with van der Waals surface area (Å²) >= 11 is 7.81. The van der Waals surface area contributed by atoms with Crippen molar-refractivity contribution in [3.05, 3.63) is 59.2 Å². The van der Waals surface area contributed by atoms with Gasteiger partial charge in [0.1, 0.15) is 6.07 Å². The molecule has 0 heterocycles. The second-order valence-electron chi connectivity index (χ2n) is 10.0. The van der Waals surface area contributed by atoms with Crippen molar-refractivity contribution in [2.75, 3.05) is 49.6 Å². The van der Waals surface area contributed by atoms with Crippen LogP contribution in [0.3, 0.4) is 0 Å². The quantitative estimate of drug-likeness (QED) is 0.0456. The molecule has 0 unspecified atom stereocenters. The van der Waals surface area contributed by atoms with Gasteiger partial charge in [-0.15, -0.1) is 11.6 Å². The van der Waals surface area contributed by atoms with Crippen LogP contribution in [0.2, 0.25) is 0 Å². The van der Waals surface area contributed by atoms with Gasteiger partial charge in [0.05, 0.1) is 5.57 Å². The molecule has 0 aliphatic carbocycles. The Morgan fingerprint density at radius 3 is 2.26 bits per heavy atom. The number of ether oxygens (including phenoxy) is 1. The molecular weight excluding hydrogens is 524 g/mol. The molecule has 0 bridgehead atoms. The Bertz CT molecular complexity index is 947. The van der Waals surface area contributed by atoms with Crippen molar-refractivity contribution in [3.63, 3.8) is 0 Å². The number of thioether (sulfide) groups is 1. The highest BCUT2D eigenvalue weighted by molar-refractivity contribution is 7.99. The van der Waals surface area contributed by atoms with Gasteiger partial charge in [0.15, 0.2) is 5.78 Å². The molecule has 0 fully saturated rings. The van der Waals surface area contributed by atoms with E-state index in [4.69, 9.17) is 16.3 Å². The molecule has 0 N–H and O–H groups in total. The first kappa shape index (κ1) is 35.0. The Labute approximate surface area is 247 Å². The number of halogens is 1. The monoisotopic (exact) mass is 572 g/mol. The van der Waals surface area contributed by atoms with E-state index in [-0.39, 0.29) is 11.4 Å². The third-order valence-electron chi connectivity index (χ3n) is 6.61. The van der Waals surface area contributed by atoms with Crippen LogP contribution in [0.25, 0.3) is 5.57 Å². The summed E-state index contributed by atoms with van der Waals surface area (Å²) in [4.78, 5) is 14.5. The molecule has 0 aliphatic rings.